The van der Waals surface area contributed by atoms with E-state index in [0.29, 0.717) is 22.4 Å². The van der Waals surface area contributed by atoms with Crippen LogP contribution in [0, 0.1) is 6.92 Å². The van der Waals surface area contributed by atoms with E-state index in [-0.39, 0.29) is 0 Å². The van der Waals surface area contributed by atoms with Gasteiger partial charge in [-0.15, -0.1) is 0 Å². The number of amides is 1. The number of hydrogen-bond acceptors (Lipinski definition) is 3. The average molecular weight is 387 g/mol. The summed E-state index contributed by atoms with van der Waals surface area (Å²) in [4.78, 5) is 15.0. The summed E-state index contributed by atoms with van der Waals surface area (Å²) < 4.78 is 5.68. The highest BCUT2D eigenvalue weighted by Crippen LogP contribution is 2.34. The van der Waals surface area contributed by atoms with Gasteiger partial charge in [0.25, 0.3) is 0 Å². The molecule has 0 saturated carbocycles. The number of hydrogen-bond donors (Lipinski definition) is 1. The maximum absolute atomic E-state index is 12.5. The quantitative estimate of drug-likeness (QED) is 0.700. The lowest BCUT2D eigenvalue weighted by atomic mass is 9.90. The lowest BCUT2D eigenvalue weighted by Gasteiger charge is -2.33. The van der Waals surface area contributed by atoms with Crippen molar-refractivity contribution in [3.63, 3.8) is 0 Å². The molecule has 0 bridgehead atoms. The van der Waals surface area contributed by atoms with Crippen molar-refractivity contribution < 1.29 is 9.53 Å². The van der Waals surface area contributed by atoms with Gasteiger partial charge in [0.15, 0.2) is 0 Å². The molecule has 144 valence electrons. The Balaban J connectivity index is 1.73. The standard InChI is InChI=1S/C22H27ClN2O2/c1-3-13-25-14-7-9-17(15-25)18-10-4-5-12-20(18)27-22(26)24-21-16(2)8-6-11-19(21)23/h4-6,8,10-12,17H,3,7,9,13-15H2,1-2H3,(H,24,26). The van der Waals surface area contributed by atoms with Crippen LogP contribution >= 0.6 is 11.6 Å². The van der Waals surface area contributed by atoms with E-state index in [1.54, 1.807) is 6.07 Å². The number of carbonyl (C=O) groups excluding carboxylic acids is 1. The van der Waals surface area contributed by atoms with Gasteiger partial charge >= 0.3 is 6.09 Å². The highest BCUT2D eigenvalue weighted by molar-refractivity contribution is 6.33. The van der Waals surface area contributed by atoms with Crippen LogP contribution in [-0.4, -0.2) is 30.6 Å². The molecule has 0 aromatic heterocycles. The third-order valence-electron chi connectivity index (χ3n) is 5.06. The molecule has 1 unspecified atom stereocenters. The Morgan fingerprint density at radius 2 is 2.07 bits per heavy atom. The fraction of sp³-hybridized carbons (Fsp3) is 0.409. The van der Waals surface area contributed by atoms with Crippen LogP contribution in [0.1, 0.15) is 43.2 Å². The number of benzene rings is 2. The number of rotatable bonds is 5. The molecule has 1 atom stereocenters. The fourth-order valence-electron chi connectivity index (χ4n) is 3.76. The van der Waals surface area contributed by atoms with E-state index in [0.717, 1.165) is 43.6 Å². The lowest BCUT2D eigenvalue weighted by molar-refractivity contribution is 0.202. The molecular formula is C22H27ClN2O2. The van der Waals surface area contributed by atoms with Crippen molar-refractivity contribution in [1.82, 2.24) is 4.90 Å². The normalized spacial score (nSPS) is 17.5. The molecule has 1 amide bonds. The van der Waals surface area contributed by atoms with Gasteiger partial charge in [0.1, 0.15) is 5.75 Å². The Morgan fingerprint density at radius 3 is 2.85 bits per heavy atom. The highest BCUT2D eigenvalue weighted by Gasteiger charge is 2.24. The van der Waals surface area contributed by atoms with Gasteiger partial charge in [-0.3, -0.25) is 5.32 Å². The van der Waals surface area contributed by atoms with Crippen LogP contribution < -0.4 is 10.1 Å². The van der Waals surface area contributed by atoms with Gasteiger partial charge in [-0.05, 0) is 62.5 Å². The van der Waals surface area contributed by atoms with E-state index in [1.165, 1.54) is 6.42 Å². The molecule has 1 saturated heterocycles. The minimum absolute atomic E-state index is 0.386. The summed E-state index contributed by atoms with van der Waals surface area (Å²) in [5.41, 5.74) is 2.59. The van der Waals surface area contributed by atoms with Crippen LogP contribution in [0.5, 0.6) is 5.75 Å². The molecule has 5 heteroatoms. The molecule has 1 fully saturated rings. The predicted molar refractivity (Wildman–Crippen MR) is 111 cm³/mol. The average Bonchev–Trinajstić information content (AvgIpc) is 2.66. The number of nitrogens with zero attached hydrogens (tertiary/aromatic N) is 1. The van der Waals surface area contributed by atoms with E-state index in [9.17, 15) is 4.79 Å². The van der Waals surface area contributed by atoms with Crippen LogP contribution in [0.15, 0.2) is 42.5 Å². The van der Waals surface area contributed by atoms with E-state index < -0.39 is 6.09 Å². The highest BCUT2D eigenvalue weighted by atomic mass is 35.5. The van der Waals surface area contributed by atoms with Crippen molar-refractivity contribution in [2.75, 3.05) is 25.0 Å². The van der Waals surface area contributed by atoms with E-state index >= 15 is 0 Å². The van der Waals surface area contributed by atoms with Crippen molar-refractivity contribution >= 4 is 23.4 Å². The minimum Gasteiger partial charge on any atom is -0.410 e. The summed E-state index contributed by atoms with van der Waals surface area (Å²) in [6.07, 6.45) is 2.93. The van der Waals surface area contributed by atoms with E-state index in [2.05, 4.69) is 23.2 Å². The monoisotopic (exact) mass is 386 g/mol. The predicted octanol–water partition coefficient (Wildman–Crippen LogP) is 5.85. The van der Waals surface area contributed by atoms with Gasteiger partial charge < -0.3 is 9.64 Å². The molecule has 1 aliphatic rings. The molecular weight excluding hydrogens is 360 g/mol. The molecule has 4 nitrogen and oxygen atoms in total. The summed E-state index contributed by atoms with van der Waals surface area (Å²) in [7, 11) is 0. The topological polar surface area (TPSA) is 41.6 Å². The molecule has 0 spiro atoms. The molecule has 3 rings (SSSR count). The fourth-order valence-corrected chi connectivity index (χ4v) is 4.03. The largest absolute Gasteiger partial charge is 0.417 e. The first-order valence-electron chi connectivity index (χ1n) is 9.63. The summed E-state index contributed by atoms with van der Waals surface area (Å²) in [6, 6.07) is 13.4. The van der Waals surface area contributed by atoms with E-state index in [1.807, 2.05) is 37.3 Å². The van der Waals surface area contributed by atoms with Crippen LogP contribution in [0.2, 0.25) is 5.02 Å². The third-order valence-corrected chi connectivity index (χ3v) is 5.37. The first-order valence-corrected chi connectivity index (χ1v) is 10.0. The number of nitrogens with one attached hydrogen (secondary N) is 1. The molecule has 27 heavy (non-hydrogen) atoms. The number of halogens is 1. The first kappa shape index (κ1) is 19.7. The maximum Gasteiger partial charge on any atom is 0.417 e. The zero-order valence-corrected chi connectivity index (χ0v) is 16.8. The molecule has 0 aliphatic carbocycles. The molecule has 1 aliphatic heterocycles. The Labute approximate surface area is 166 Å². The van der Waals surface area contributed by atoms with E-state index in [4.69, 9.17) is 16.3 Å². The van der Waals surface area contributed by atoms with Gasteiger partial charge in [-0.2, -0.15) is 0 Å². The summed E-state index contributed by atoms with van der Waals surface area (Å²) in [6.45, 7) is 7.40. The Bertz CT molecular complexity index is 771. The van der Waals surface area contributed by atoms with Crippen molar-refractivity contribution in [1.29, 1.82) is 0 Å². The lowest BCUT2D eigenvalue weighted by Crippen LogP contribution is -2.35. The summed E-state index contributed by atoms with van der Waals surface area (Å²) in [5.74, 6) is 1.01. The van der Waals surface area contributed by atoms with Crippen molar-refractivity contribution in [2.24, 2.45) is 0 Å². The number of anilines is 1. The SMILES string of the molecule is CCCN1CCCC(c2ccccc2OC(=O)Nc2c(C)cccc2Cl)C1. The Hall–Kier alpha value is -2.04. The smallest absolute Gasteiger partial charge is 0.410 e. The van der Waals surface area contributed by atoms with Crippen LogP contribution in [-0.2, 0) is 0 Å². The Kier molecular flexibility index (Phi) is 6.75. The number of ether oxygens (including phenoxy) is 1. The number of para-hydroxylation sites is 2. The van der Waals surface area contributed by atoms with Crippen LogP contribution in [0.4, 0.5) is 10.5 Å². The van der Waals surface area contributed by atoms with Gasteiger partial charge in [0.2, 0.25) is 0 Å². The van der Waals surface area contributed by atoms with Crippen molar-refractivity contribution in [3.8, 4) is 5.75 Å². The van der Waals surface area contributed by atoms with Crippen LogP contribution in [0.25, 0.3) is 0 Å². The minimum atomic E-state index is -0.514. The van der Waals surface area contributed by atoms with Gasteiger partial charge in [0.05, 0.1) is 10.7 Å². The first-order chi connectivity index (χ1) is 13.1. The van der Waals surface area contributed by atoms with Crippen LogP contribution in [0.3, 0.4) is 0 Å². The summed E-state index contributed by atoms with van der Waals surface area (Å²) in [5, 5.41) is 3.29. The molecule has 1 heterocycles. The number of likely N-dealkylation sites (tertiary alicyclic amines) is 1. The molecule has 1 N–H and O–H groups in total. The number of aryl methyl sites for hydroxylation is 1. The number of carbonyl (C=O) groups is 1. The second kappa shape index (κ2) is 9.25. The molecule has 2 aromatic carbocycles. The molecule has 0 radical (unpaired) electrons. The van der Waals surface area contributed by atoms with Crippen molar-refractivity contribution in [3.05, 3.63) is 58.6 Å². The zero-order valence-electron chi connectivity index (χ0n) is 16.0. The van der Waals surface area contributed by atoms with Crippen molar-refractivity contribution in [2.45, 2.75) is 39.0 Å². The third kappa shape index (κ3) is 5.02. The summed E-state index contributed by atoms with van der Waals surface area (Å²) >= 11 is 6.20. The van der Waals surface area contributed by atoms with Gasteiger partial charge in [-0.1, -0.05) is 48.9 Å². The maximum atomic E-state index is 12.5. The second-order valence-electron chi connectivity index (χ2n) is 7.12. The Morgan fingerprint density at radius 1 is 1.26 bits per heavy atom. The van der Waals surface area contributed by atoms with Gasteiger partial charge in [-0.25, -0.2) is 4.79 Å². The second-order valence-corrected chi connectivity index (χ2v) is 7.53. The zero-order chi connectivity index (χ0) is 19.2. The molecule has 2 aromatic rings. The van der Waals surface area contributed by atoms with Gasteiger partial charge in [0, 0.05) is 12.5 Å². The number of piperidine rings is 1.